The zero-order valence-corrected chi connectivity index (χ0v) is 21.9. The second kappa shape index (κ2) is 11.7. The number of hydrogen-bond acceptors (Lipinski definition) is 1. The number of hydrogen-bond donors (Lipinski definition) is 0. The molecule has 27 heavy (non-hydrogen) atoms. The van der Waals surface area contributed by atoms with Crippen molar-refractivity contribution < 1.29 is 46.5 Å². The molecule has 2 rings (SSSR count). The fourth-order valence-electron chi connectivity index (χ4n) is 3.99. The fourth-order valence-corrected chi connectivity index (χ4v) is 5.97. The van der Waals surface area contributed by atoms with Crippen molar-refractivity contribution in [2.45, 2.75) is 78.9 Å². The monoisotopic (exact) mass is 461 g/mol. The zero-order chi connectivity index (χ0) is 18.0. The van der Waals surface area contributed by atoms with E-state index < -0.39 is 0 Å². The van der Waals surface area contributed by atoms with E-state index in [1.165, 1.54) is 29.7 Å². The molecule has 1 unspecified atom stereocenters. The molecule has 4 heteroatoms. The van der Waals surface area contributed by atoms with Crippen LogP contribution in [0.2, 0.25) is 0 Å². The molecule has 1 radical (unpaired) electrons. The van der Waals surface area contributed by atoms with Crippen LogP contribution >= 0.6 is 11.8 Å². The van der Waals surface area contributed by atoms with E-state index in [9.17, 15) is 0 Å². The third kappa shape index (κ3) is 6.29. The van der Waals surface area contributed by atoms with E-state index in [2.05, 4.69) is 90.6 Å². The van der Waals surface area contributed by atoms with E-state index in [0.29, 0.717) is 0 Å². The third-order valence-electron chi connectivity index (χ3n) is 5.55. The number of halogens is 2. The van der Waals surface area contributed by atoms with E-state index in [0.717, 1.165) is 12.8 Å². The van der Waals surface area contributed by atoms with Gasteiger partial charge in [-0.1, -0.05) is 65.7 Å². The molecule has 0 amide bonds. The van der Waals surface area contributed by atoms with Crippen molar-refractivity contribution in [1.29, 1.82) is 0 Å². The maximum Gasteiger partial charge on any atom is 3.00 e. The summed E-state index contributed by atoms with van der Waals surface area (Å²) in [5.41, 5.74) is 4.68. The molecule has 0 aliphatic heterocycles. The van der Waals surface area contributed by atoms with Gasteiger partial charge in [-0.25, -0.2) is 11.6 Å². The van der Waals surface area contributed by atoms with Crippen LogP contribution in [0.4, 0.5) is 0 Å². The van der Waals surface area contributed by atoms with Gasteiger partial charge in [-0.2, -0.15) is 6.08 Å². The molecule has 2 aliphatic carbocycles. The van der Waals surface area contributed by atoms with Gasteiger partial charge in [0, 0.05) is 4.75 Å². The first-order valence-electron chi connectivity index (χ1n) is 9.46. The van der Waals surface area contributed by atoms with Crippen molar-refractivity contribution in [3.63, 3.8) is 0 Å². The molecule has 0 bridgehead atoms. The quantitative estimate of drug-likeness (QED) is 0.326. The van der Waals surface area contributed by atoms with E-state index in [-0.39, 0.29) is 62.1 Å². The SMILES string of the molecule is CCCCSC1(C(C)(C)C2=[C-]CC=C2)CC=C(C)C=C1C(C)(C)C.[Cl-].[Cl-].[Ti+3]. The fraction of sp³-hybridized carbons (Fsp3) is 0.652. The van der Waals surface area contributed by atoms with Crippen LogP contribution in [-0.4, -0.2) is 10.5 Å². The number of rotatable bonds is 6. The van der Waals surface area contributed by atoms with Crippen LogP contribution in [-0.2, 0) is 21.7 Å². The molecule has 1 atom stereocenters. The van der Waals surface area contributed by atoms with Crippen molar-refractivity contribution in [2.75, 3.05) is 5.75 Å². The average Bonchev–Trinajstić information content (AvgIpc) is 3.03. The molecule has 0 saturated heterocycles. The summed E-state index contributed by atoms with van der Waals surface area (Å²) in [6, 6.07) is 0. The van der Waals surface area contributed by atoms with Crippen molar-refractivity contribution in [2.24, 2.45) is 10.8 Å². The van der Waals surface area contributed by atoms with Crippen LogP contribution in [0.25, 0.3) is 0 Å². The molecule has 0 nitrogen and oxygen atoms in total. The number of thioether (sulfide) groups is 1. The first-order valence-corrected chi connectivity index (χ1v) is 10.4. The summed E-state index contributed by atoms with van der Waals surface area (Å²) in [5.74, 6) is 1.23. The molecule has 2 aliphatic rings. The summed E-state index contributed by atoms with van der Waals surface area (Å²) < 4.78 is 0.122. The predicted molar refractivity (Wildman–Crippen MR) is 110 cm³/mol. The van der Waals surface area contributed by atoms with Crippen molar-refractivity contribution >= 4 is 11.8 Å². The zero-order valence-electron chi connectivity index (χ0n) is 18.0. The smallest absolute Gasteiger partial charge is 1.00 e. The molecule has 0 spiro atoms. The predicted octanol–water partition coefficient (Wildman–Crippen LogP) is 1.30. The maximum absolute atomic E-state index is 3.64. The molecule has 0 fully saturated rings. The molecular formula is C23H35Cl2STi. The number of allylic oxidation sites excluding steroid dienone is 7. The minimum Gasteiger partial charge on any atom is -1.00 e. The van der Waals surface area contributed by atoms with E-state index in [4.69, 9.17) is 0 Å². The largest absolute Gasteiger partial charge is 3.00 e. The summed E-state index contributed by atoms with van der Waals surface area (Å²) in [4.78, 5) is 0. The van der Waals surface area contributed by atoms with Gasteiger partial charge in [0.1, 0.15) is 0 Å². The Labute approximate surface area is 199 Å². The van der Waals surface area contributed by atoms with Crippen LogP contribution in [0.1, 0.15) is 74.1 Å². The average molecular weight is 462 g/mol. The maximum atomic E-state index is 3.64. The van der Waals surface area contributed by atoms with E-state index in [1.807, 2.05) is 0 Å². The molecule has 151 valence electrons. The third-order valence-corrected chi connectivity index (χ3v) is 7.43. The van der Waals surface area contributed by atoms with Gasteiger partial charge in [-0.15, -0.1) is 18.2 Å². The van der Waals surface area contributed by atoms with Crippen LogP contribution < -0.4 is 24.8 Å². The molecule has 0 aromatic carbocycles. The summed E-state index contributed by atoms with van der Waals surface area (Å²) >= 11 is 2.19. The summed E-state index contributed by atoms with van der Waals surface area (Å²) in [7, 11) is 0. The van der Waals surface area contributed by atoms with E-state index in [1.54, 1.807) is 5.57 Å². The van der Waals surface area contributed by atoms with Gasteiger partial charge in [0.2, 0.25) is 0 Å². The van der Waals surface area contributed by atoms with Crippen LogP contribution in [0.3, 0.4) is 0 Å². The Hall–Kier alpha value is 0.604. The second-order valence-corrected chi connectivity index (χ2v) is 10.2. The molecule has 0 heterocycles. The van der Waals surface area contributed by atoms with E-state index >= 15 is 0 Å². The van der Waals surface area contributed by atoms with Gasteiger partial charge in [0.25, 0.3) is 0 Å². The first kappa shape index (κ1) is 29.8. The Morgan fingerprint density at radius 3 is 2.26 bits per heavy atom. The Balaban J connectivity index is 0. The normalized spacial score (nSPS) is 22.0. The second-order valence-electron chi connectivity index (χ2n) is 8.81. The van der Waals surface area contributed by atoms with Crippen LogP contribution in [0, 0.1) is 16.9 Å². The minimum absolute atomic E-state index is 0. The van der Waals surface area contributed by atoms with Crippen molar-refractivity contribution in [3.8, 4) is 0 Å². The summed E-state index contributed by atoms with van der Waals surface area (Å²) in [6.45, 7) is 16.6. The Morgan fingerprint density at radius 2 is 1.78 bits per heavy atom. The molecule has 0 N–H and O–H groups in total. The van der Waals surface area contributed by atoms with Crippen molar-refractivity contribution in [3.05, 3.63) is 47.1 Å². The summed E-state index contributed by atoms with van der Waals surface area (Å²) in [5, 5.41) is 0. The standard InChI is InChI=1S/C23H35S.2ClH.Ti/c1-8-9-16-24-23(22(6,7)19-12-10-11-13-19)15-14-18(2)17-20(23)21(3,4)5;;;/h10,12,14,17H,8-9,11,15-16H2,1-7H3;2*1H;/q-1;;;+3/p-2. The van der Waals surface area contributed by atoms with Gasteiger partial charge in [-0.05, 0) is 41.9 Å². The van der Waals surface area contributed by atoms with Gasteiger partial charge in [-0.3, -0.25) is 6.08 Å². The first-order chi connectivity index (χ1) is 11.1. The van der Waals surface area contributed by atoms with Crippen LogP contribution in [0.5, 0.6) is 0 Å². The van der Waals surface area contributed by atoms with Gasteiger partial charge < -0.3 is 24.8 Å². The van der Waals surface area contributed by atoms with Gasteiger partial charge in [0.05, 0.1) is 0 Å². The number of unbranched alkanes of at least 4 members (excludes halogenated alkanes) is 1. The van der Waals surface area contributed by atoms with Gasteiger partial charge >= 0.3 is 21.7 Å². The molecule has 0 saturated carbocycles. The van der Waals surface area contributed by atoms with Crippen LogP contribution in [0.15, 0.2) is 41.0 Å². The topological polar surface area (TPSA) is 0 Å². The Bertz CT molecular complexity index is 594. The minimum atomic E-state index is 0. The molecule has 0 aromatic rings. The Kier molecular flexibility index (Phi) is 12.9. The van der Waals surface area contributed by atoms with Gasteiger partial charge in [0.15, 0.2) is 0 Å². The summed E-state index contributed by atoms with van der Waals surface area (Å²) in [6.07, 6.45) is 17.8. The van der Waals surface area contributed by atoms with Crippen molar-refractivity contribution in [1.82, 2.24) is 0 Å². The molecule has 0 aromatic heterocycles. The Morgan fingerprint density at radius 1 is 1.15 bits per heavy atom. The molecular weight excluding hydrogens is 427 g/mol.